The zero-order valence-electron chi connectivity index (χ0n) is 25.4. The van der Waals surface area contributed by atoms with Crippen LogP contribution in [-0.2, 0) is 4.79 Å². The molecule has 0 heterocycles. The number of nitrogens with zero attached hydrogens (tertiary/aromatic N) is 1. The van der Waals surface area contributed by atoms with E-state index < -0.39 is 0 Å². The zero-order valence-corrected chi connectivity index (χ0v) is 25.4. The minimum atomic E-state index is 0.259. The Kier molecular flexibility index (Phi) is 8.19. The van der Waals surface area contributed by atoms with Crippen molar-refractivity contribution in [2.24, 2.45) is 46.3 Å². The second kappa shape index (κ2) is 11.2. The van der Waals surface area contributed by atoms with Crippen LogP contribution in [0.25, 0.3) is 0 Å². The fraction of sp³-hybridized carbons (Fsp3) is 0.794. The minimum Gasteiger partial charge on any atom is -0.488 e. The van der Waals surface area contributed by atoms with Gasteiger partial charge >= 0.3 is 0 Å². The molecule has 0 saturated heterocycles. The van der Waals surface area contributed by atoms with Crippen LogP contribution >= 0.6 is 0 Å². The molecule has 4 fully saturated rings. The maximum atomic E-state index is 12.7. The normalized spacial score (nSPS) is 38.3. The van der Waals surface area contributed by atoms with Crippen LogP contribution in [0.5, 0.6) is 5.75 Å². The zero-order chi connectivity index (χ0) is 27.9. The average Bonchev–Trinajstić information content (AvgIpc) is 3.27. The van der Waals surface area contributed by atoms with Crippen molar-refractivity contribution in [3.8, 4) is 5.75 Å². The van der Waals surface area contributed by atoms with Crippen LogP contribution in [0.15, 0.2) is 18.2 Å². The van der Waals surface area contributed by atoms with Gasteiger partial charge in [-0.1, -0.05) is 20.8 Å². The smallest absolute Gasteiger partial charge is 0.222 e. The Morgan fingerprint density at radius 2 is 1.72 bits per heavy atom. The molecule has 4 aliphatic rings. The average molecular weight is 538 g/mol. The van der Waals surface area contributed by atoms with E-state index in [-0.39, 0.29) is 6.10 Å². The first kappa shape index (κ1) is 28.6. The van der Waals surface area contributed by atoms with Crippen molar-refractivity contribution in [2.45, 2.75) is 111 Å². The second-order valence-electron chi connectivity index (χ2n) is 14.3. The predicted molar refractivity (Wildman–Crippen MR) is 161 cm³/mol. The summed E-state index contributed by atoms with van der Waals surface area (Å²) in [5.41, 5.74) is 14.3. The molecule has 0 aromatic heterocycles. The molecule has 4 aliphatic carbocycles. The number of carbonyl (C=O) groups excluding carboxylic acids is 1. The molecule has 4 saturated carbocycles. The predicted octanol–water partition coefficient (Wildman–Crippen LogP) is 7.54. The van der Waals surface area contributed by atoms with Crippen molar-refractivity contribution < 1.29 is 9.53 Å². The van der Waals surface area contributed by atoms with Gasteiger partial charge in [0.15, 0.2) is 0 Å². The number of carbonyl (C=O) groups is 1. The third-order valence-corrected chi connectivity index (χ3v) is 12.6. The second-order valence-corrected chi connectivity index (χ2v) is 14.3. The lowest BCUT2D eigenvalue weighted by molar-refractivity contribution is -0.132. The number of benzene rings is 1. The van der Waals surface area contributed by atoms with E-state index in [4.69, 9.17) is 16.2 Å². The van der Waals surface area contributed by atoms with Crippen molar-refractivity contribution >= 4 is 17.3 Å². The molecule has 1 aromatic carbocycles. The topological polar surface area (TPSA) is 81.6 Å². The van der Waals surface area contributed by atoms with Crippen LogP contribution in [0.3, 0.4) is 0 Å². The molecule has 39 heavy (non-hydrogen) atoms. The molecule has 0 radical (unpaired) electrons. The summed E-state index contributed by atoms with van der Waals surface area (Å²) < 4.78 is 6.46. The van der Waals surface area contributed by atoms with Crippen molar-refractivity contribution in [1.29, 1.82) is 0 Å². The molecule has 9 atom stereocenters. The molecular weight excluding hydrogens is 482 g/mol. The number of nitrogen functional groups attached to an aromatic ring is 2. The largest absolute Gasteiger partial charge is 0.488 e. The molecule has 2 unspecified atom stereocenters. The highest BCUT2D eigenvalue weighted by Crippen LogP contribution is 2.68. The highest BCUT2D eigenvalue weighted by Gasteiger charge is 2.60. The maximum Gasteiger partial charge on any atom is 0.222 e. The molecule has 218 valence electrons. The first-order valence-corrected chi connectivity index (χ1v) is 16.2. The molecule has 1 amide bonds. The molecule has 1 aromatic rings. The number of rotatable bonds is 8. The fourth-order valence-electron chi connectivity index (χ4n) is 10.4. The van der Waals surface area contributed by atoms with E-state index in [9.17, 15) is 4.79 Å². The Morgan fingerprint density at radius 3 is 2.44 bits per heavy atom. The quantitative estimate of drug-likeness (QED) is 0.336. The van der Waals surface area contributed by atoms with Gasteiger partial charge in [-0.05, 0) is 143 Å². The van der Waals surface area contributed by atoms with Gasteiger partial charge in [0.1, 0.15) is 5.75 Å². The number of ether oxygens (including phenoxy) is 1. The molecule has 5 heteroatoms. The summed E-state index contributed by atoms with van der Waals surface area (Å²) in [6.45, 7) is 13.6. The fourth-order valence-corrected chi connectivity index (χ4v) is 10.4. The van der Waals surface area contributed by atoms with Crippen molar-refractivity contribution in [2.75, 3.05) is 24.6 Å². The van der Waals surface area contributed by atoms with Gasteiger partial charge in [-0.15, -0.1) is 0 Å². The summed E-state index contributed by atoms with van der Waals surface area (Å²) in [7, 11) is 0. The van der Waals surface area contributed by atoms with E-state index in [2.05, 4.69) is 34.6 Å². The van der Waals surface area contributed by atoms with Crippen LogP contribution in [0.2, 0.25) is 0 Å². The van der Waals surface area contributed by atoms with Crippen LogP contribution in [0, 0.1) is 46.3 Å². The van der Waals surface area contributed by atoms with E-state index in [1.54, 1.807) is 0 Å². The maximum absolute atomic E-state index is 12.7. The SMILES string of the molecule is CCN(CC)C(=O)CC[C@@H](C)[C@H]1CC[C@H]2[C@@H]3CCC4CC(Oc5ccc(N)cc5N)CC[C@]4(C)[C@H]3CC[C@]12C. The standard InChI is InChI=1S/C34H55N3O2/c1-6-37(7-2)32(38)15-8-22(3)27-12-13-28-26-11-9-23-20-25(39-31-14-10-24(35)21-30(31)36)16-18-33(23,4)29(26)17-19-34(27,28)5/h10,14,21-23,25-29H,6-9,11-13,15-20,35-36H2,1-5H3/t22-,23?,25?,26+,27-,28+,29+,33+,34-/m1/s1. The van der Waals surface area contributed by atoms with Gasteiger partial charge in [-0.25, -0.2) is 0 Å². The Hall–Kier alpha value is -1.91. The van der Waals surface area contributed by atoms with E-state index in [1.165, 1.54) is 44.9 Å². The summed E-state index contributed by atoms with van der Waals surface area (Å²) in [6.07, 6.45) is 13.9. The lowest BCUT2D eigenvalue weighted by Gasteiger charge is -2.61. The van der Waals surface area contributed by atoms with Gasteiger partial charge in [-0.2, -0.15) is 0 Å². The van der Waals surface area contributed by atoms with Gasteiger partial charge in [-0.3, -0.25) is 4.79 Å². The molecular formula is C34H55N3O2. The van der Waals surface area contributed by atoms with Gasteiger partial charge in [0.05, 0.1) is 11.8 Å². The molecule has 0 spiro atoms. The van der Waals surface area contributed by atoms with Crippen molar-refractivity contribution in [3.05, 3.63) is 18.2 Å². The number of fused-ring (bicyclic) bond motifs is 5. The monoisotopic (exact) mass is 537 g/mol. The highest BCUT2D eigenvalue weighted by molar-refractivity contribution is 5.76. The van der Waals surface area contributed by atoms with Gasteiger partial charge in [0.25, 0.3) is 0 Å². The third kappa shape index (κ3) is 5.17. The number of hydrogen-bond acceptors (Lipinski definition) is 4. The summed E-state index contributed by atoms with van der Waals surface area (Å²) in [4.78, 5) is 14.7. The lowest BCUT2D eigenvalue weighted by atomic mass is 9.44. The summed E-state index contributed by atoms with van der Waals surface area (Å²) in [5.74, 6) is 5.90. The number of anilines is 2. The Labute approximate surface area is 237 Å². The minimum absolute atomic E-state index is 0.259. The van der Waals surface area contributed by atoms with Crippen LogP contribution in [-0.4, -0.2) is 30.0 Å². The molecule has 0 bridgehead atoms. The van der Waals surface area contributed by atoms with E-state index >= 15 is 0 Å². The van der Waals surface area contributed by atoms with Crippen LogP contribution < -0.4 is 16.2 Å². The van der Waals surface area contributed by atoms with E-state index in [0.29, 0.717) is 34.0 Å². The molecule has 5 rings (SSSR count). The number of hydrogen-bond donors (Lipinski definition) is 2. The van der Waals surface area contributed by atoms with Crippen LogP contribution in [0.1, 0.15) is 105 Å². The third-order valence-electron chi connectivity index (χ3n) is 12.6. The van der Waals surface area contributed by atoms with E-state index in [0.717, 1.165) is 74.1 Å². The van der Waals surface area contributed by atoms with E-state index in [1.807, 2.05) is 23.1 Å². The summed E-state index contributed by atoms with van der Waals surface area (Å²) in [5, 5.41) is 0. The Bertz CT molecular complexity index is 1020. The first-order chi connectivity index (χ1) is 18.6. The highest BCUT2D eigenvalue weighted by atomic mass is 16.5. The Balaban J connectivity index is 1.22. The van der Waals surface area contributed by atoms with Gasteiger partial charge < -0.3 is 21.1 Å². The number of amides is 1. The lowest BCUT2D eigenvalue weighted by Crippen LogP contribution is -2.54. The Morgan fingerprint density at radius 1 is 1.00 bits per heavy atom. The van der Waals surface area contributed by atoms with Crippen molar-refractivity contribution in [1.82, 2.24) is 4.90 Å². The molecule has 4 N–H and O–H groups in total. The first-order valence-electron chi connectivity index (χ1n) is 16.2. The number of nitrogens with two attached hydrogens (primary N) is 2. The van der Waals surface area contributed by atoms with Crippen LogP contribution in [0.4, 0.5) is 11.4 Å². The summed E-state index contributed by atoms with van der Waals surface area (Å²) >= 11 is 0. The van der Waals surface area contributed by atoms with Crippen molar-refractivity contribution in [3.63, 3.8) is 0 Å². The molecule has 0 aliphatic heterocycles. The van der Waals surface area contributed by atoms with Gasteiger partial charge in [0.2, 0.25) is 5.91 Å². The molecule has 5 nitrogen and oxygen atoms in total. The van der Waals surface area contributed by atoms with Gasteiger partial charge in [0, 0.05) is 25.2 Å². The summed E-state index contributed by atoms with van der Waals surface area (Å²) in [6, 6.07) is 5.64.